The molecule has 0 saturated heterocycles. The lowest BCUT2D eigenvalue weighted by Crippen LogP contribution is -2.13. The molecule has 0 aliphatic rings. The second kappa shape index (κ2) is 5.40. The minimum absolute atomic E-state index is 0.107. The number of thiophene rings is 1. The smallest absolute Gasteiger partial charge is 0.271 e. The fourth-order valence-corrected chi connectivity index (χ4v) is 3.72. The minimum atomic E-state index is -3.67. The standard InChI is InChI=1S/C12H11N3O2S2/c13-7-9-3-1-2-4-11(9)15-19(16,17)12-6-5-10(8-14)18-12/h1-6,15H,7,13H2. The molecule has 0 radical (unpaired) electrons. The normalized spacial score (nSPS) is 10.9. The number of nitrogens with two attached hydrogens (primary N) is 1. The quantitative estimate of drug-likeness (QED) is 0.899. The highest BCUT2D eigenvalue weighted by Gasteiger charge is 2.18. The van der Waals surface area contributed by atoms with Crippen molar-refractivity contribution < 1.29 is 8.42 Å². The Bertz CT molecular complexity index is 729. The molecule has 98 valence electrons. The highest BCUT2D eigenvalue weighted by molar-refractivity contribution is 7.94. The SMILES string of the molecule is N#Cc1ccc(S(=O)(=O)Nc2ccccc2CN)s1. The first kappa shape index (κ1) is 13.5. The van der Waals surface area contributed by atoms with Gasteiger partial charge in [0.25, 0.3) is 10.0 Å². The molecule has 0 spiro atoms. The predicted molar refractivity (Wildman–Crippen MR) is 74.2 cm³/mol. The first-order valence-electron chi connectivity index (χ1n) is 5.37. The van der Waals surface area contributed by atoms with Crippen molar-refractivity contribution in [1.82, 2.24) is 0 Å². The van der Waals surface area contributed by atoms with Crippen molar-refractivity contribution >= 4 is 27.0 Å². The van der Waals surface area contributed by atoms with Gasteiger partial charge < -0.3 is 5.73 Å². The topological polar surface area (TPSA) is 96.0 Å². The Labute approximate surface area is 115 Å². The zero-order valence-corrected chi connectivity index (χ0v) is 11.5. The molecular formula is C12H11N3O2S2. The van der Waals surface area contributed by atoms with Gasteiger partial charge in [-0.25, -0.2) is 8.42 Å². The van der Waals surface area contributed by atoms with Crippen molar-refractivity contribution in [2.45, 2.75) is 10.8 Å². The van der Waals surface area contributed by atoms with Crippen molar-refractivity contribution in [1.29, 1.82) is 5.26 Å². The van der Waals surface area contributed by atoms with Gasteiger partial charge in [-0.15, -0.1) is 11.3 Å². The number of para-hydroxylation sites is 1. The van der Waals surface area contributed by atoms with Crippen LogP contribution in [0.1, 0.15) is 10.4 Å². The summed E-state index contributed by atoms with van der Waals surface area (Å²) in [5.74, 6) is 0. The summed E-state index contributed by atoms with van der Waals surface area (Å²) in [5.41, 5.74) is 6.73. The maximum atomic E-state index is 12.1. The molecule has 0 saturated carbocycles. The molecule has 0 unspecified atom stereocenters. The first-order chi connectivity index (χ1) is 9.06. The van der Waals surface area contributed by atoms with E-state index in [0.717, 1.165) is 11.3 Å². The molecule has 7 heteroatoms. The van der Waals surface area contributed by atoms with Gasteiger partial charge in [0.1, 0.15) is 15.2 Å². The van der Waals surface area contributed by atoms with Crippen LogP contribution in [0.4, 0.5) is 5.69 Å². The fourth-order valence-electron chi connectivity index (χ4n) is 1.52. The molecule has 1 aromatic carbocycles. The van der Waals surface area contributed by atoms with Gasteiger partial charge in [-0.05, 0) is 23.8 Å². The molecule has 3 N–H and O–H groups in total. The van der Waals surface area contributed by atoms with Crippen molar-refractivity contribution in [2.75, 3.05) is 4.72 Å². The largest absolute Gasteiger partial charge is 0.326 e. The maximum absolute atomic E-state index is 12.1. The lowest BCUT2D eigenvalue weighted by Gasteiger charge is -2.10. The summed E-state index contributed by atoms with van der Waals surface area (Å²) in [5, 5.41) is 8.72. The summed E-state index contributed by atoms with van der Waals surface area (Å²) in [6.07, 6.45) is 0. The zero-order valence-electron chi connectivity index (χ0n) is 9.83. The molecular weight excluding hydrogens is 282 g/mol. The highest BCUT2D eigenvalue weighted by Crippen LogP contribution is 2.24. The summed E-state index contributed by atoms with van der Waals surface area (Å²) in [7, 11) is -3.67. The highest BCUT2D eigenvalue weighted by atomic mass is 32.2. The van der Waals surface area contributed by atoms with Crippen LogP contribution < -0.4 is 10.5 Å². The Morgan fingerprint density at radius 3 is 2.63 bits per heavy atom. The molecule has 1 aromatic heterocycles. The first-order valence-corrected chi connectivity index (χ1v) is 7.67. The number of anilines is 1. The number of benzene rings is 1. The summed E-state index contributed by atoms with van der Waals surface area (Å²) in [6.45, 7) is 0.243. The average Bonchev–Trinajstić information content (AvgIpc) is 2.88. The van der Waals surface area contributed by atoms with Crippen LogP contribution in [0.25, 0.3) is 0 Å². The number of nitrogens with one attached hydrogen (secondary N) is 1. The molecule has 5 nitrogen and oxygen atoms in total. The third-order valence-electron chi connectivity index (χ3n) is 2.44. The Morgan fingerprint density at radius 2 is 2.00 bits per heavy atom. The van der Waals surface area contributed by atoms with Crippen molar-refractivity contribution in [3.05, 3.63) is 46.8 Å². The number of nitriles is 1. The van der Waals surface area contributed by atoms with Crippen molar-refractivity contribution in [2.24, 2.45) is 5.73 Å². The molecule has 2 rings (SSSR count). The lowest BCUT2D eigenvalue weighted by molar-refractivity contribution is 0.603. The van der Waals surface area contributed by atoms with E-state index in [2.05, 4.69) is 4.72 Å². The molecule has 0 atom stereocenters. The minimum Gasteiger partial charge on any atom is -0.326 e. The summed E-state index contributed by atoms with van der Waals surface area (Å²) in [6, 6.07) is 11.7. The predicted octanol–water partition coefficient (Wildman–Crippen LogP) is 1.88. The monoisotopic (exact) mass is 293 g/mol. The molecule has 0 bridgehead atoms. The van der Waals surface area contributed by atoms with E-state index < -0.39 is 10.0 Å². The summed E-state index contributed by atoms with van der Waals surface area (Å²) in [4.78, 5) is 0.354. The van der Waals surface area contributed by atoms with Crippen LogP contribution in [0.5, 0.6) is 0 Å². The zero-order chi connectivity index (χ0) is 13.9. The molecule has 2 aromatic rings. The van der Waals surface area contributed by atoms with Crippen LogP contribution in [0.15, 0.2) is 40.6 Å². The molecule has 0 aliphatic heterocycles. The Morgan fingerprint density at radius 1 is 1.26 bits per heavy atom. The second-order valence-corrected chi connectivity index (χ2v) is 6.69. The van der Waals surface area contributed by atoms with Gasteiger partial charge in [0.15, 0.2) is 0 Å². The van der Waals surface area contributed by atoms with Gasteiger partial charge >= 0.3 is 0 Å². The van der Waals surface area contributed by atoms with E-state index in [9.17, 15) is 8.42 Å². The maximum Gasteiger partial charge on any atom is 0.271 e. The Kier molecular flexibility index (Phi) is 3.85. The number of rotatable bonds is 4. The van der Waals surface area contributed by atoms with Gasteiger partial charge in [-0.2, -0.15) is 5.26 Å². The van der Waals surface area contributed by atoms with Crippen molar-refractivity contribution in [3.8, 4) is 6.07 Å². The summed E-state index contributed by atoms with van der Waals surface area (Å²) >= 11 is 0.930. The van der Waals surface area contributed by atoms with E-state index >= 15 is 0 Å². The number of sulfonamides is 1. The molecule has 0 amide bonds. The van der Waals surface area contributed by atoms with Crippen LogP contribution in [-0.4, -0.2) is 8.42 Å². The second-order valence-electron chi connectivity index (χ2n) is 3.70. The number of nitrogens with zero attached hydrogens (tertiary/aromatic N) is 1. The van der Waals surface area contributed by atoms with E-state index in [0.29, 0.717) is 16.1 Å². The molecule has 19 heavy (non-hydrogen) atoms. The van der Waals surface area contributed by atoms with Crippen LogP contribution in [0.3, 0.4) is 0 Å². The van der Waals surface area contributed by atoms with Crippen LogP contribution >= 0.6 is 11.3 Å². The van der Waals surface area contributed by atoms with Gasteiger partial charge in [-0.3, -0.25) is 4.72 Å². The third kappa shape index (κ3) is 2.93. The third-order valence-corrected chi connectivity index (χ3v) is 5.29. The van der Waals surface area contributed by atoms with Crippen molar-refractivity contribution in [3.63, 3.8) is 0 Å². The van der Waals surface area contributed by atoms with Gasteiger partial charge in [0.2, 0.25) is 0 Å². The van der Waals surface area contributed by atoms with E-state index in [4.69, 9.17) is 11.0 Å². The van der Waals surface area contributed by atoms with Crippen LogP contribution in [0.2, 0.25) is 0 Å². The molecule has 0 fully saturated rings. The average molecular weight is 293 g/mol. The van der Waals surface area contributed by atoms with Gasteiger partial charge in [0.05, 0.1) is 5.69 Å². The van der Waals surface area contributed by atoms with Crippen LogP contribution in [-0.2, 0) is 16.6 Å². The van der Waals surface area contributed by atoms with E-state index in [1.807, 2.05) is 6.07 Å². The lowest BCUT2D eigenvalue weighted by atomic mass is 10.2. The fraction of sp³-hybridized carbons (Fsp3) is 0.0833. The van der Waals surface area contributed by atoms with Crippen LogP contribution in [0, 0.1) is 11.3 Å². The number of hydrogen-bond donors (Lipinski definition) is 2. The Balaban J connectivity index is 2.34. The van der Waals surface area contributed by atoms with E-state index in [-0.39, 0.29) is 10.8 Å². The van der Waals surface area contributed by atoms with E-state index in [1.54, 1.807) is 24.3 Å². The van der Waals surface area contributed by atoms with Gasteiger partial charge in [0, 0.05) is 6.54 Å². The summed E-state index contributed by atoms with van der Waals surface area (Å²) < 4.78 is 26.9. The molecule has 0 aliphatic carbocycles. The number of hydrogen-bond acceptors (Lipinski definition) is 5. The molecule has 1 heterocycles. The van der Waals surface area contributed by atoms with E-state index in [1.165, 1.54) is 12.1 Å². The van der Waals surface area contributed by atoms with Gasteiger partial charge in [-0.1, -0.05) is 18.2 Å². The Hall–Kier alpha value is -1.88.